The van der Waals surface area contributed by atoms with Gasteiger partial charge in [0.1, 0.15) is 6.10 Å². The van der Waals surface area contributed by atoms with Gasteiger partial charge in [-0.2, -0.15) is 0 Å². The summed E-state index contributed by atoms with van der Waals surface area (Å²) in [4.78, 5) is 34.9. The van der Waals surface area contributed by atoms with Crippen molar-refractivity contribution in [1.29, 1.82) is 0 Å². The van der Waals surface area contributed by atoms with Crippen LogP contribution in [-0.4, -0.2) is 30.9 Å². The van der Waals surface area contributed by atoms with E-state index in [0.717, 1.165) is 5.56 Å². The van der Waals surface area contributed by atoms with Crippen LogP contribution < -0.4 is 0 Å². The van der Waals surface area contributed by atoms with E-state index in [9.17, 15) is 14.4 Å². The van der Waals surface area contributed by atoms with Crippen molar-refractivity contribution >= 4 is 23.8 Å². The molecule has 1 unspecified atom stereocenters. The van der Waals surface area contributed by atoms with E-state index in [0.29, 0.717) is 11.1 Å². The van der Waals surface area contributed by atoms with Gasteiger partial charge >= 0.3 is 11.9 Å². The lowest BCUT2D eigenvalue weighted by Crippen LogP contribution is -2.15. The molecule has 0 aliphatic heterocycles. The molecule has 0 spiro atoms. The molecule has 0 amide bonds. The smallest absolute Gasteiger partial charge is 0.305 e. The Morgan fingerprint density at radius 1 is 1.21 bits per heavy atom. The second-order valence-corrected chi connectivity index (χ2v) is 5.48. The van der Waals surface area contributed by atoms with Crippen LogP contribution in [0.3, 0.4) is 0 Å². The van der Waals surface area contributed by atoms with Crippen LogP contribution in [0, 0.1) is 0 Å². The molecule has 5 nitrogen and oxygen atoms in total. The molecule has 0 saturated heterocycles. The number of hydrogen-bond donors (Lipinski definition) is 0. The van der Waals surface area contributed by atoms with Gasteiger partial charge in [-0.25, -0.2) is 0 Å². The summed E-state index contributed by atoms with van der Waals surface area (Å²) in [6.07, 6.45) is 3.57. The van der Waals surface area contributed by atoms with E-state index in [1.807, 2.05) is 36.4 Å². The standard InChI is InChI=1S/C19H20O5/c1-13(20)24-18-12-17(21)15(10-11-19(22)23-2)16(18)9-8-14-6-4-3-5-7-14/h3-9,18H,10-12H2,1-2H3. The summed E-state index contributed by atoms with van der Waals surface area (Å²) in [5.74, 6) is -0.914. The Morgan fingerprint density at radius 3 is 2.54 bits per heavy atom. The van der Waals surface area contributed by atoms with Crippen molar-refractivity contribution in [2.24, 2.45) is 0 Å². The number of allylic oxidation sites excluding steroid dienone is 1. The highest BCUT2D eigenvalue weighted by atomic mass is 16.5. The van der Waals surface area contributed by atoms with E-state index in [-0.39, 0.29) is 31.0 Å². The Morgan fingerprint density at radius 2 is 1.92 bits per heavy atom. The summed E-state index contributed by atoms with van der Waals surface area (Å²) in [5, 5.41) is 0. The van der Waals surface area contributed by atoms with E-state index < -0.39 is 12.1 Å². The van der Waals surface area contributed by atoms with Crippen molar-refractivity contribution in [3.05, 3.63) is 53.1 Å². The van der Waals surface area contributed by atoms with Gasteiger partial charge < -0.3 is 9.47 Å². The molecule has 0 saturated carbocycles. The van der Waals surface area contributed by atoms with Gasteiger partial charge in [0.25, 0.3) is 0 Å². The maximum atomic E-state index is 12.3. The number of benzene rings is 1. The molecule has 126 valence electrons. The van der Waals surface area contributed by atoms with Gasteiger partial charge in [0.05, 0.1) is 13.5 Å². The maximum Gasteiger partial charge on any atom is 0.305 e. The van der Waals surface area contributed by atoms with Crippen LogP contribution in [0.15, 0.2) is 47.6 Å². The van der Waals surface area contributed by atoms with Gasteiger partial charge in [-0.3, -0.25) is 14.4 Å². The van der Waals surface area contributed by atoms with Crippen LogP contribution in [0.1, 0.15) is 31.7 Å². The van der Waals surface area contributed by atoms with Gasteiger partial charge in [-0.1, -0.05) is 42.5 Å². The Labute approximate surface area is 141 Å². The number of rotatable bonds is 6. The Bertz CT molecular complexity index is 685. The van der Waals surface area contributed by atoms with Crippen LogP contribution in [0.5, 0.6) is 0 Å². The highest BCUT2D eigenvalue weighted by Crippen LogP contribution is 2.31. The van der Waals surface area contributed by atoms with Crippen LogP contribution >= 0.6 is 0 Å². The summed E-state index contributed by atoms with van der Waals surface area (Å²) >= 11 is 0. The summed E-state index contributed by atoms with van der Waals surface area (Å²) in [6, 6.07) is 9.61. The fourth-order valence-electron chi connectivity index (χ4n) is 2.63. The molecule has 24 heavy (non-hydrogen) atoms. The molecule has 0 bridgehead atoms. The first kappa shape index (κ1) is 17.7. The van der Waals surface area contributed by atoms with Crippen molar-refractivity contribution in [3.8, 4) is 0 Å². The Kier molecular flexibility index (Phi) is 6.07. The molecular weight excluding hydrogens is 308 g/mol. The minimum atomic E-state index is -0.595. The quantitative estimate of drug-likeness (QED) is 0.751. The largest absolute Gasteiger partial charge is 0.469 e. The topological polar surface area (TPSA) is 69.7 Å². The molecular formula is C19H20O5. The van der Waals surface area contributed by atoms with Crippen LogP contribution in [-0.2, 0) is 23.9 Å². The number of carbonyl (C=O) groups excluding carboxylic acids is 3. The first-order valence-corrected chi connectivity index (χ1v) is 7.74. The lowest BCUT2D eigenvalue weighted by molar-refractivity contribution is -0.144. The first-order chi connectivity index (χ1) is 11.5. The highest BCUT2D eigenvalue weighted by Gasteiger charge is 2.32. The number of ketones is 1. The maximum absolute atomic E-state index is 12.3. The molecule has 5 heteroatoms. The van der Waals surface area contributed by atoms with E-state index >= 15 is 0 Å². The van der Waals surface area contributed by atoms with Crippen molar-refractivity contribution in [2.75, 3.05) is 7.11 Å². The zero-order chi connectivity index (χ0) is 17.5. The zero-order valence-electron chi connectivity index (χ0n) is 13.8. The summed E-state index contributed by atoms with van der Waals surface area (Å²) in [6.45, 7) is 1.31. The molecule has 2 rings (SSSR count). The molecule has 1 aliphatic rings. The van der Waals surface area contributed by atoms with Gasteiger partial charge in [-0.05, 0) is 17.6 Å². The van der Waals surface area contributed by atoms with Crippen LogP contribution in [0.25, 0.3) is 6.08 Å². The number of carbonyl (C=O) groups is 3. The molecule has 1 aromatic carbocycles. The Hall–Kier alpha value is -2.69. The lowest BCUT2D eigenvalue weighted by Gasteiger charge is -2.12. The molecule has 1 atom stereocenters. The number of Topliss-reactive ketones (excluding diaryl/α,β-unsaturated/α-hetero) is 1. The molecule has 0 aromatic heterocycles. The predicted molar refractivity (Wildman–Crippen MR) is 88.9 cm³/mol. The Balaban J connectivity index is 2.28. The second kappa shape index (κ2) is 8.24. The number of hydrogen-bond acceptors (Lipinski definition) is 5. The summed E-state index contributed by atoms with van der Waals surface area (Å²) in [5.41, 5.74) is 2.15. The van der Waals surface area contributed by atoms with Crippen molar-refractivity contribution < 1.29 is 23.9 Å². The average Bonchev–Trinajstić information content (AvgIpc) is 2.85. The van der Waals surface area contributed by atoms with E-state index in [4.69, 9.17) is 4.74 Å². The van der Waals surface area contributed by atoms with Crippen LogP contribution in [0.4, 0.5) is 0 Å². The molecule has 0 fully saturated rings. The van der Waals surface area contributed by atoms with E-state index in [2.05, 4.69) is 4.74 Å². The fraction of sp³-hybridized carbons (Fsp3) is 0.316. The predicted octanol–water partition coefficient (Wildman–Crippen LogP) is 2.85. The first-order valence-electron chi connectivity index (χ1n) is 7.74. The SMILES string of the molecule is COC(=O)CCC1=C(C=Cc2ccccc2)C(OC(C)=O)CC1=O. The number of methoxy groups -OCH3 is 1. The van der Waals surface area contributed by atoms with Crippen molar-refractivity contribution in [2.45, 2.75) is 32.3 Å². The highest BCUT2D eigenvalue weighted by molar-refractivity contribution is 6.01. The summed E-state index contributed by atoms with van der Waals surface area (Å²) in [7, 11) is 1.31. The second-order valence-electron chi connectivity index (χ2n) is 5.48. The minimum Gasteiger partial charge on any atom is -0.469 e. The molecule has 0 radical (unpaired) electrons. The van der Waals surface area contributed by atoms with Gasteiger partial charge in [-0.15, -0.1) is 0 Å². The number of esters is 2. The van der Waals surface area contributed by atoms with Crippen molar-refractivity contribution in [1.82, 2.24) is 0 Å². The molecule has 1 aliphatic carbocycles. The van der Waals surface area contributed by atoms with Crippen LogP contribution in [0.2, 0.25) is 0 Å². The van der Waals surface area contributed by atoms with Gasteiger partial charge in [0, 0.05) is 18.9 Å². The third-order valence-corrected chi connectivity index (χ3v) is 3.77. The van der Waals surface area contributed by atoms with E-state index in [1.54, 1.807) is 6.08 Å². The molecule has 1 aromatic rings. The molecule has 0 heterocycles. The lowest BCUT2D eigenvalue weighted by atomic mass is 10.0. The minimum absolute atomic E-state index is 0.0992. The van der Waals surface area contributed by atoms with Gasteiger partial charge in [0.15, 0.2) is 5.78 Å². The monoisotopic (exact) mass is 328 g/mol. The van der Waals surface area contributed by atoms with Crippen molar-refractivity contribution in [3.63, 3.8) is 0 Å². The molecule has 0 N–H and O–H groups in total. The third-order valence-electron chi connectivity index (χ3n) is 3.77. The van der Waals surface area contributed by atoms with Gasteiger partial charge in [0.2, 0.25) is 0 Å². The average molecular weight is 328 g/mol. The van der Waals surface area contributed by atoms with E-state index in [1.165, 1.54) is 14.0 Å². The third kappa shape index (κ3) is 4.65. The normalized spacial score (nSPS) is 17.4. The number of ether oxygens (including phenoxy) is 2. The zero-order valence-corrected chi connectivity index (χ0v) is 13.8. The fourth-order valence-corrected chi connectivity index (χ4v) is 2.63. The summed E-state index contributed by atoms with van der Waals surface area (Å²) < 4.78 is 9.89.